The summed E-state index contributed by atoms with van der Waals surface area (Å²) in [5, 5.41) is 3.20. The highest BCUT2D eigenvalue weighted by Crippen LogP contribution is 2.34. The number of aromatic nitrogens is 2. The number of amides is 1. The summed E-state index contributed by atoms with van der Waals surface area (Å²) in [6, 6.07) is 0. The first-order chi connectivity index (χ1) is 7.55. The van der Waals surface area contributed by atoms with Gasteiger partial charge in [0, 0.05) is 30.9 Å². The molecule has 1 aromatic heterocycles. The van der Waals surface area contributed by atoms with Crippen LogP contribution < -0.4 is 11.1 Å². The maximum Gasteiger partial charge on any atom is 0.222 e. The third-order valence-electron chi connectivity index (χ3n) is 3.38. The summed E-state index contributed by atoms with van der Waals surface area (Å²) in [5.41, 5.74) is 6.82. The molecule has 1 fully saturated rings. The molecule has 0 spiro atoms. The Balaban J connectivity index is 2.45. The lowest BCUT2D eigenvalue weighted by molar-refractivity contribution is -0.122. The molecule has 5 nitrogen and oxygen atoms in total. The molecule has 2 heterocycles. The SMILES string of the molecule is Cc1nccnc1C1(C)CNCC1C(N)=O. The average molecular weight is 220 g/mol. The summed E-state index contributed by atoms with van der Waals surface area (Å²) in [6.07, 6.45) is 3.31. The maximum atomic E-state index is 11.4. The topological polar surface area (TPSA) is 80.9 Å². The molecule has 5 heteroatoms. The largest absolute Gasteiger partial charge is 0.369 e. The zero-order valence-corrected chi connectivity index (χ0v) is 9.53. The van der Waals surface area contributed by atoms with Gasteiger partial charge in [0.05, 0.1) is 17.3 Å². The molecule has 0 saturated carbocycles. The van der Waals surface area contributed by atoms with E-state index in [2.05, 4.69) is 15.3 Å². The molecule has 0 aromatic carbocycles. The van der Waals surface area contributed by atoms with Crippen LogP contribution in [0.3, 0.4) is 0 Å². The van der Waals surface area contributed by atoms with Crippen LogP contribution in [-0.2, 0) is 10.2 Å². The number of carbonyl (C=O) groups is 1. The third-order valence-corrected chi connectivity index (χ3v) is 3.38. The van der Waals surface area contributed by atoms with Crippen LogP contribution >= 0.6 is 0 Å². The van der Waals surface area contributed by atoms with Crippen molar-refractivity contribution in [3.05, 3.63) is 23.8 Å². The summed E-state index contributed by atoms with van der Waals surface area (Å²) in [7, 11) is 0. The molecular weight excluding hydrogens is 204 g/mol. The Hall–Kier alpha value is -1.49. The van der Waals surface area contributed by atoms with Crippen molar-refractivity contribution < 1.29 is 4.79 Å². The molecule has 3 N–H and O–H groups in total. The predicted molar refractivity (Wildman–Crippen MR) is 59.7 cm³/mol. The number of rotatable bonds is 2. The number of carbonyl (C=O) groups excluding carboxylic acids is 1. The van der Waals surface area contributed by atoms with Gasteiger partial charge in [0.2, 0.25) is 5.91 Å². The second kappa shape index (κ2) is 3.83. The van der Waals surface area contributed by atoms with Crippen molar-refractivity contribution in [1.82, 2.24) is 15.3 Å². The van der Waals surface area contributed by atoms with Gasteiger partial charge < -0.3 is 11.1 Å². The van der Waals surface area contributed by atoms with E-state index in [1.165, 1.54) is 0 Å². The van der Waals surface area contributed by atoms with E-state index in [1.807, 2.05) is 13.8 Å². The van der Waals surface area contributed by atoms with E-state index in [0.29, 0.717) is 13.1 Å². The molecule has 16 heavy (non-hydrogen) atoms. The average Bonchev–Trinajstić information content (AvgIpc) is 2.62. The van der Waals surface area contributed by atoms with Gasteiger partial charge in [0.15, 0.2) is 0 Å². The van der Waals surface area contributed by atoms with Gasteiger partial charge in [-0.1, -0.05) is 6.92 Å². The summed E-state index contributed by atoms with van der Waals surface area (Å²) in [5.74, 6) is -0.500. The lowest BCUT2D eigenvalue weighted by Gasteiger charge is -2.28. The Labute approximate surface area is 94.5 Å². The molecule has 1 aliphatic heterocycles. The van der Waals surface area contributed by atoms with Crippen molar-refractivity contribution in [3.8, 4) is 0 Å². The van der Waals surface area contributed by atoms with Gasteiger partial charge in [-0.15, -0.1) is 0 Å². The van der Waals surface area contributed by atoms with Crippen molar-refractivity contribution >= 4 is 5.91 Å². The second-order valence-corrected chi connectivity index (χ2v) is 4.49. The first-order valence-corrected chi connectivity index (χ1v) is 5.34. The number of nitrogens with zero attached hydrogens (tertiary/aromatic N) is 2. The molecule has 1 aliphatic rings. The molecule has 2 rings (SSSR count). The fraction of sp³-hybridized carbons (Fsp3) is 0.545. The van der Waals surface area contributed by atoms with Crippen LogP contribution in [0.4, 0.5) is 0 Å². The quantitative estimate of drug-likeness (QED) is 0.720. The van der Waals surface area contributed by atoms with Crippen molar-refractivity contribution in [2.45, 2.75) is 19.3 Å². The molecule has 1 saturated heterocycles. The lowest BCUT2D eigenvalue weighted by Crippen LogP contribution is -2.41. The molecular formula is C11H16N4O. The molecule has 1 amide bonds. The standard InChI is InChI=1S/C11H16N4O/c1-7-9(15-4-3-14-7)11(2)6-13-5-8(11)10(12)16/h3-4,8,13H,5-6H2,1-2H3,(H2,12,16). The fourth-order valence-electron chi connectivity index (χ4n) is 2.46. The maximum absolute atomic E-state index is 11.4. The van der Waals surface area contributed by atoms with Crippen LogP contribution in [-0.4, -0.2) is 29.0 Å². The Bertz CT molecular complexity index is 420. The Morgan fingerprint density at radius 1 is 1.56 bits per heavy atom. The Morgan fingerprint density at radius 3 is 2.88 bits per heavy atom. The smallest absolute Gasteiger partial charge is 0.222 e. The van der Waals surface area contributed by atoms with Gasteiger partial charge in [0.25, 0.3) is 0 Å². The van der Waals surface area contributed by atoms with E-state index in [9.17, 15) is 4.79 Å². The van der Waals surface area contributed by atoms with Gasteiger partial charge in [-0.2, -0.15) is 0 Å². The van der Waals surface area contributed by atoms with Crippen molar-refractivity contribution in [2.24, 2.45) is 11.7 Å². The summed E-state index contributed by atoms with van der Waals surface area (Å²) in [6.45, 7) is 5.24. The highest BCUT2D eigenvalue weighted by atomic mass is 16.1. The number of primary amides is 1. The first kappa shape index (κ1) is 11.0. The molecule has 2 unspecified atom stereocenters. The summed E-state index contributed by atoms with van der Waals surface area (Å²) in [4.78, 5) is 20.0. The molecule has 0 aliphatic carbocycles. The van der Waals surface area contributed by atoms with E-state index in [1.54, 1.807) is 12.4 Å². The minimum absolute atomic E-state index is 0.220. The summed E-state index contributed by atoms with van der Waals surface area (Å²) < 4.78 is 0. The number of nitrogens with two attached hydrogens (primary N) is 1. The second-order valence-electron chi connectivity index (χ2n) is 4.49. The third kappa shape index (κ3) is 1.57. The van der Waals surface area contributed by atoms with E-state index in [4.69, 9.17) is 5.73 Å². The molecule has 86 valence electrons. The van der Waals surface area contributed by atoms with Crippen LogP contribution in [0.25, 0.3) is 0 Å². The number of nitrogens with one attached hydrogen (secondary N) is 1. The number of hydrogen-bond donors (Lipinski definition) is 2. The van der Waals surface area contributed by atoms with Crippen molar-refractivity contribution in [2.75, 3.05) is 13.1 Å². The minimum atomic E-state index is -0.343. The molecule has 0 bridgehead atoms. The zero-order chi connectivity index (χ0) is 11.8. The van der Waals surface area contributed by atoms with E-state index in [-0.39, 0.29) is 17.2 Å². The van der Waals surface area contributed by atoms with Gasteiger partial charge in [-0.05, 0) is 6.92 Å². The van der Waals surface area contributed by atoms with Crippen LogP contribution in [0.5, 0.6) is 0 Å². The van der Waals surface area contributed by atoms with Crippen molar-refractivity contribution in [1.29, 1.82) is 0 Å². The summed E-state index contributed by atoms with van der Waals surface area (Å²) >= 11 is 0. The van der Waals surface area contributed by atoms with E-state index in [0.717, 1.165) is 11.4 Å². The minimum Gasteiger partial charge on any atom is -0.369 e. The van der Waals surface area contributed by atoms with Gasteiger partial charge >= 0.3 is 0 Å². The molecule has 2 atom stereocenters. The zero-order valence-electron chi connectivity index (χ0n) is 9.53. The van der Waals surface area contributed by atoms with Gasteiger partial charge in [-0.25, -0.2) is 0 Å². The highest BCUT2D eigenvalue weighted by Gasteiger charge is 2.45. The first-order valence-electron chi connectivity index (χ1n) is 5.34. The van der Waals surface area contributed by atoms with E-state index < -0.39 is 0 Å². The molecule has 1 aromatic rings. The van der Waals surface area contributed by atoms with Crippen LogP contribution in [0.15, 0.2) is 12.4 Å². The van der Waals surface area contributed by atoms with Crippen molar-refractivity contribution in [3.63, 3.8) is 0 Å². The Morgan fingerprint density at radius 2 is 2.25 bits per heavy atom. The van der Waals surface area contributed by atoms with Gasteiger partial charge in [0.1, 0.15) is 0 Å². The van der Waals surface area contributed by atoms with Crippen LogP contribution in [0, 0.1) is 12.8 Å². The van der Waals surface area contributed by atoms with Crippen LogP contribution in [0.2, 0.25) is 0 Å². The Kier molecular flexibility index (Phi) is 2.63. The normalized spacial score (nSPS) is 29.2. The predicted octanol–water partition coefficient (Wildman–Crippen LogP) is -0.253. The monoisotopic (exact) mass is 220 g/mol. The van der Waals surface area contributed by atoms with Gasteiger partial charge in [-0.3, -0.25) is 14.8 Å². The van der Waals surface area contributed by atoms with E-state index >= 15 is 0 Å². The molecule has 0 radical (unpaired) electrons. The number of aryl methyl sites for hydroxylation is 1. The fourth-order valence-corrected chi connectivity index (χ4v) is 2.46. The highest BCUT2D eigenvalue weighted by molar-refractivity contribution is 5.79. The lowest BCUT2D eigenvalue weighted by atomic mass is 9.76. The number of hydrogen-bond acceptors (Lipinski definition) is 4. The van der Waals surface area contributed by atoms with Crippen LogP contribution in [0.1, 0.15) is 18.3 Å².